The summed E-state index contributed by atoms with van der Waals surface area (Å²) in [5.41, 5.74) is 0.566. The van der Waals surface area contributed by atoms with Gasteiger partial charge in [-0.3, -0.25) is 19.3 Å². The molecular formula is C16H14N2O5S. The maximum Gasteiger partial charge on any atom is 0.327 e. The number of carboxylic acid groups (broad SMARTS) is 1. The van der Waals surface area contributed by atoms with Crippen molar-refractivity contribution in [2.45, 2.75) is 36.1 Å². The van der Waals surface area contributed by atoms with Crippen LogP contribution in [0.3, 0.4) is 0 Å². The standard InChI is InChI=1S/C16H14N2O5S/c1-16(2)10(15(22)23)18-13(21)9(14(18)24-16)17-11(19)7-5-3-4-6-8(7)12(17)20/h3-6,9-10,14H,1-2H3,(H,22,23)/t9?,10?,14-/m1/s1. The zero-order valence-corrected chi connectivity index (χ0v) is 13.7. The molecule has 4 rings (SSSR count). The Kier molecular flexibility index (Phi) is 2.91. The van der Waals surface area contributed by atoms with Crippen molar-refractivity contribution in [3.63, 3.8) is 0 Å². The van der Waals surface area contributed by atoms with Crippen LogP contribution in [-0.2, 0) is 9.59 Å². The van der Waals surface area contributed by atoms with E-state index in [-0.39, 0.29) is 11.1 Å². The molecule has 1 aromatic carbocycles. The van der Waals surface area contributed by atoms with Crippen molar-refractivity contribution < 1.29 is 24.3 Å². The number of carbonyl (C=O) groups is 4. The van der Waals surface area contributed by atoms with Gasteiger partial charge < -0.3 is 10.0 Å². The molecule has 0 spiro atoms. The van der Waals surface area contributed by atoms with Crippen LogP contribution >= 0.6 is 11.8 Å². The summed E-state index contributed by atoms with van der Waals surface area (Å²) in [6, 6.07) is 4.54. The molecule has 0 saturated carbocycles. The first-order chi connectivity index (χ1) is 11.3. The fraction of sp³-hybridized carbons (Fsp3) is 0.375. The van der Waals surface area contributed by atoms with E-state index in [0.717, 1.165) is 4.90 Å². The minimum Gasteiger partial charge on any atom is -0.480 e. The van der Waals surface area contributed by atoms with Crippen LogP contribution in [0.5, 0.6) is 0 Å². The Balaban J connectivity index is 1.69. The summed E-state index contributed by atoms with van der Waals surface area (Å²) in [6.45, 7) is 3.50. The number of β-lactam (4-membered cyclic amide) rings is 1. The molecule has 124 valence electrons. The second kappa shape index (κ2) is 4.60. The first kappa shape index (κ1) is 15.2. The van der Waals surface area contributed by atoms with Gasteiger partial charge >= 0.3 is 5.97 Å². The lowest BCUT2D eigenvalue weighted by Gasteiger charge is -2.46. The Morgan fingerprint density at radius 2 is 1.67 bits per heavy atom. The van der Waals surface area contributed by atoms with Crippen molar-refractivity contribution in [2.24, 2.45) is 0 Å². The third-order valence-electron chi connectivity index (χ3n) is 4.75. The number of fused-ring (bicyclic) bond motifs is 2. The molecule has 2 unspecified atom stereocenters. The molecule has 3 heterocycles. The molecule has 1 N–H and O–H groups in total. The van der Waals surface area contributed by atoms with Gasteiger partial charge in [-0.2, -0.15) is 0 Å². The smallest absolute Gasteiger partial charge is 0.327 e. The Morgan fingerprint density at radius 3 is 2.17 bits per heavy atom. The van der Waals surface area contributed by atoms with Crippen LogP contribution in [0.1, 0.15) is 34.6 Å². The summed E-state index contributed by atoms with van der Waals surface area (Å²) in [5.74, 6) is -2.55. The predicted octanol–water partition coefficient (Wildman–Crippen LogP) is 0.798. The molecule has 24 heavy (non-hydrogen) atoms. The SMILES string of the molecule is CC1(C)S[C@@H]2C(N3C(=O)c4ccccc4C3=O)C(=O)N2C1C(=O)O. The van der Waals surface area contributed by atoms with E-state index in [9.17, 15) is 24.3 Å². The second-order valence-electron chi connectivity index (χ2n) is 6.57. The second-order valence-corrected chi connectivity index (χ2v) is 8.34. The number of carboxylic acids is 1. The predicted molar refractivity (Wildman–Crippen MR) is 84.5 cm³/mol. The van der Waals surface area contributed by atoms with Crippen LogP contribution in [-0.4, -0.2) is 60.8 Å². The Hall–Kier alpha value is -2.35. The highest BCUT2D eigenvalue weighted by Crippen LogP contribution is 2.52. The molecule has 3 amide bonds. The first-order valence-electron chi connectivity index (χ1n) is 7.45. The minimum absolute atomic E-state index is 0.283. The van der Waals surface area contributed by atoms with Crippen molar-refractivity contribution >= 4 is 35.5 Å². The number of amides is 3. The molecule has 3 atom stereocenters. The molecule has 0 aliphatic carbocycles. The summed E-state index contributed by atoms with van der Waals surface area (Å²) < 4.78 is -0.695. The highest BCUT2D eigenvalue weighted by atomic mass is 32.2. The maximum absolute atomic E-state index is 12.6. The number of imide groups is 1. The number of carbonyl (C=O) groups excluding carboxylic acids is 3. The summed E-state index contributed by atoms with van der Waals surface area (Å²) in [4.78, 5) is 51.5. The van der Waals surface area contributed by atoms with Gasteiger partial charge in [-0.25, -0.2) is 4.79 Å². The van der Waals surface area contributed by atoms with Gasteiger partial charge in [0.25, 0.3) is 17.7 Å². The molecule has 0 bridgehead atoms. The van der Waals surface area contributed by atoms with Gasteiger partial charge in [0.05, 0.1) is 11.1 Å². The van der Waals surface area contributed by atoms with Gasteiger partial charge in [0.1, 0.15) is 17.5 Å². The number of benzene rings is 1. The number of hydrogen-bond donors (Lipinski definition) is 1. The summed E-state index contributed by atoms with van der Waals surface area (Å²) in [7, 11) is 0. The van der Waals surface area contributed by atoms with Crippen LogP contribution in [0.25, 0.3) is 0 Å². The van der Waals surface area contributed by atoms with E-state index in [1.807, 2.05) is 0 Å². The maximum atomic E-state index is 12.6. The molecule has 0 radical (unpaired) electrons. The Bertz CT molecular complexity index is 785. The van der Waals surface area contributed by atoms with Crippen molar-refractivity contribution in [3.8, 4) is 0 Å². The van der Waals surface area contributed by atoms with Gasteiger partial charge in [-0.05, 0) is 26.0 Å². The fourth-order valence-corrected chi connectivity index (χ4v) is 5.36. The van der Waals surface area contributed by atoms with Crippen molar-refractivity contribution in [1.29, 1.82) is 0 Å². The fourth-order valence-electron chi connectivity index (χ4n) is 3.69. The van der Waals surface area contributed by atoms with E-state index in [1.54, 1.807) is 38.1 Å². The van der Waals surface area contributed by atoms with Gasteiger partial charge in [-0.1, -0.05) is 12.1 Å². The van der Waals surface area contributed by atoms with E-state index < -0.39 is 45.9 Å². The summed E-state index contributed by atoms with van der Waals surface area (Å²) in [6.07, 6.45) is 0. The van der Waals surface area contributed by atoms with Crippen LogP contribution in [0.4, 0.5) is 0 Å². The number of thioether (sulfide) groups is 1. The lowest BCUT2D eigenvalue weighted by molar-refractivity contribution is -0.162. The van der Waals surface area contributed by atoms with Crippen LogP contribution < -0.4 is 0 Å². The molecule has 3 aliphatic heterocycles. The molecule has 0 aromatic heterocycles. The number of aliphatic carboxylic acids is 1. The highest BCUT2D eigenvalue weighted by molar-refractivity contribution is 8.01. The van der Waals surface area contributed by atoms with Gasteiger partial charge in [0.2, 0.25) is 0 Å². The van der Waals surface area contributed by atoms with E-state index in [1.165, 1.54) is 16.7 Å². The van der Waals surface area contributed by atoms with Crippen LogP contribution in [0, 0.1) is 0 Å². The van der Waals surface area contributed by atoms with Gasteiger partial charge in [-0.15, -0.1) is 11.8 Å². The summed E-state index contributed by atoms with van der Waals surface area (Å²) in [5, 5.41) is 8.91. The Labute approximate surface area is 141 Å². The molecule has 8 heteroatoms. The molecule has 2 fully saturated rings. The average Bonchev–Trinajstić information content (AvgIpc) is 2.92. The molecule has 3 aliphatic rings. The number of rotatable bonds is 2. The van der Waals surface area contributed by atoms with Gasteiger partial charge in [0.15, 0.2) is 0 Å². The van der Waals surface area contributed by atoms with E-state index in [2.05, 4.69) is 0 Å². The average molecular weight is 346 g/mol. The molecule has 7 nitrogen and oxygen atoms in total. The lowest BCUT2D eigenvalue weighted by atomic mass is 9.95. The quantitative estimate of drug-likeness (QED) is 0.629. The molecular weight excluding hydrogens is 332 g/mol. The van der Waals surface area contributed by atoms with E-state index in [0.29, 0.717) is 0 Å². The minimum atomic E-state index is -1.08. The van der Waals surface area contributed by atoms with Crippen LogP contribution in [0.2, 0.25) is 0 Å². The highest BCUT2D eigenvalue weighted by Gasteiger charge is 2.67. The Morgan fingerprint density at radius 1 is 1.12 bits per heavy atom. The van der Waals surface area contributed by atoms with E-state index >= 15 is 0 Å². The van der Waals surface area contributed by atoms with Crippen molar-refractivity contribution in [3.05, 3.63) is 35.4 Å². The van der Waals surface area contributed by atoms with Crippen molar-refractivity contribution in [2.75, 3.05) is 0 Å². The third-order valence-corrected chi connectivity index (χ3v) is 6.31. The molecule has 1 aromatic rings. The zero-order valence-electron chi connectivity index (χ0n) is 12.9. The summed E-state index contributed by atoms with van der Waals surface area (Å²) >= 11 is 1.31. The van der Waals surface area contributed by atoms with Crippen LogP contribution in [0.15, 0.2) is 24.3 Å². The number of nitrogens with zero attached hydrogens (tertiary/aromatic N) is 2. The van der Waals surface area contributed by atoms with E-state index in [4.69, 9.17) is 0 Å². The number of hydrogen-bond acceptors (Lipinski definition) is 5. The normalized spacial score (nSPS) is 30.2. The lowest BCUT2D eigenvalue weighted by Crippen LogP contribution is -2.71. The molecule has 2 saturated heterocycles. The van der Waals surface area contributed by atoms with Gasteiger partial charge in [0, 0.05) is 4.75 Å². The zero-order chi connectivity index (χ0) is 17.4. The monoisotopic (exact) mass is 346 g/mol. The third kappa shape index (κ3) is 1.69. The van der Waals surface area contributed by atoms with Crippen molar-refractivity contribution in [1.82, 2.24) is 9.80 Å². The largest absolute Gasteiger partial charge is 0.480 e. The first-order valence-corrected chi connectivity index (χ1v) is 8.33. The topological polar surface area (TPSA) is 95.0 Å².